The Kier molecular flexibility index (Phi) is 9.40. The second kappa shape index (κ2) is 16.6. The van der Waals surface area contributed by atoms with E-state index in [1.165, 1.54) is 87.6 Å². The molecular formula is C70H43BO2. The van der Waals surface area contributed by atoms with Crippen LogP contribution >= 0.6 is 0 Å². The Morgan fingerprint density at radius 1 is 0.219 bits per heavy atom. The molecule has 2 heterocycles. The fourth-order valence-electron chi connectivity index (χ4n) is 12.3. The molecule has 0 saturated carbocycles. The first-order valence-corrected chi connectivity index (χ1v) is 25.2. The van der Waals surface area contributed by atoms with Crippen LogP contribution in [0.5, 0.6) is 23.0 Å². The Labute approximate surface area is 424 Å². The molecule has 0 fully saturated rings. The molecule has 0 unspecified atom stereocenters. The van der Waals surface area contributed by atoms with E-state index in [1.807, 2.05) is 0 Å². The van der Waals surface area contributed by atoms with Crippen molar-refractivity contribution in [3.63, 3.8) is 0 Å². The molecule has 13 aromatic carbocycles. The Morgan fingerprint density at radius 2 is 0.575 bits per heavy atom. The first-order chi connectivity index (χ1) is 36.2. The summed E-state index contributed by atoms with van der Waals surface area (Å²) >= 11 is 0. The van der Waals surface area contributed by atoms with E-state index >= 15 is 0 Å². The minimum atomic E-state index is -0.111. The molecule has 3 heteroatoms. The van der Waals surface area contributed by atoms with Crippen LogP contribution in [0.1, 0.15) is 0 Å². The quantitative estimate of drug-likeness (QED) is 0.122. The third kappa shape index (κ3) is 6.45. The van der Waals surface area contributed by atoms with Crippen LogP contribution in [0.3, 0.4) is 0 Å². The lowest BCUT2D eigenvalue weighted by molar-refractivity contribution is 0.465. The summed E-state index contributed by atoms with van der Waals surface area (Å²) in [7, 11) is 0. The largest absolute Gasteiger partial charge is 0.458 e. The highest BCUT2D eigenvalue weighted by Crippen LogP contribution is 2.49. The topological polar surface area (TPSA) is 18.5 Å². The lowest BCUT2D eigenvalue weighted by Gasteiger charge is -2.33. The van der Waals surface area contributed by atoms with Crippen LogP contribution in [0.2, 0.25) is 0 Å². The van der Waals surface area contributed by atoms with Gasteiger partial charge in [-0.3, -0.25) is 0 Å². The number of benzene rings is 13. The van der Waals surface area contributed by atoms with Gasteiger partial charge in [-0.15, -0.1) is 0 Å². The number of fused-ring (bicyclic) bond motifs is 8. The van der Waals surface area contributed by atoms with E-state index in [4.69, 9.17) is 9.47 Å². The van der Waals surface area contributed by atoms with Gasteiger partial charge in [0.05, 0.1) is 0 Å². The monoisotopic (exact) mass is 926 g/mol. The molecule has 13 aromatic rings. The molecule has 0 spiro atoms. The maximum Gasteiger partial charge on any atom is 0.260 e. The summed E-state index contributed by atoms with van der Waals surface area (Å²) in [6.07, 6.45) is 0. The second-order valence-corrected chi connectivity index (χ2v) is 19.3. The van der Waals surface area contributed by atoms with Crippen LogP contribution in [0.25, 0.3) is 110 Å². The van der Waals surface area contributed by atoms with Gasteiger partial charge >= 0.3 is 0 Å². The van der Waals surface area contributed by atoms with Gasteiger partial charge < -0.3 is 9.47 Å². The van der Waals surface area contributed by atoms with Crippen molar-refractivity contribution in [3.8, 4) is 89.8 Å². The summed E-state index contributed by atoms with van der Waals surface area (Å²) in [5.41, 5.74) is 17.5. The highest BCUT2D eigenvalue weighted by atomic mass is 16.5. The Hall–Kier alpha value is -9.44. The minimum Gasteiger partial charge on any atom is -0.458 e. The standard InChI is InChI=1S/C70H43BO2/c1-3-21-44(22-4-1)66-52-29-11-15-33-56(52)68(57-34-16-12-30-53(57)66)50-27-9-7-25-48(50)46-39-40-63-61(41-46)71-60-37-19-20-38-62(60)72-64-42-47(43-65(73-63)70(64)71)49-26-8-10-28-51(49)69-58-35-17-13-31-54(58)67(45-23-5-2-6-24-45)55-32-14-18-36-59(55)69/h1-43H. The van der Waals surface area contributed by atoms with Crippen LogP contribution in [0.4, 0.5) is 0 Å². The van der Waals surface area contributed by atoms with E-state index in [0.717, 1.165) is 61.6 Å². The van der Waals surface area contributed by atoms with E-state index in [0.29, 0.717) is 0 Å². The van der Waals surface area contributed by atoms with Gasteiger partial charge in [-0.05, 0) is 145 Å². The van der Waals surface area contributed by atoms with Gasteiger partial charge in [0.25, 0.3) is 6.71 Å². The van der Waals surface area contributed by atoms with Crippen LogP contribution in [-0.2, 0) is 0 Å². The number of rotatable bonds is 6. The SMILES string of the molecule is c1ccc(-c2c3ccccc3c(-c3ccccc3-c3cc4c5c(c3)Oc3ccc(-c6ccccc6-c6c7ccccc7c(-c7ccccc7)c7ccccc67)cc3B5c3ccccc3O4)c3ccccc23)cc1. The van der Waals surface area contributed by atoms with E-state index < -0.39 is 0 Å². The normalized spacial score (nSPS) is 12.3. The molecule has 15 rings (SSSR count). The smallest absolute Gasteiger partial charge is 0.260 e. The third-order valence-electron chi connectivity index (χ3n) is 15.4. The Bertz CT molecular complexity index is 4260. The molecule has 73 heavy (non-hydrogen) atoms. The maximum absolute atomic E-state index is 7.15. The van der Waals surface area contributed by atoms with Crippen LogP contribution in [0.15, 0.2) is 261 Å². The van der Waals surface area contributed by atoms with Gasteiger partial charge in [0.15, 0.2) is 0 Å². The molecule has 0 atom stereocenters. The van der Waals surface area contributed by atoms with Crippen molar-refractivity contribution in [2.45, 2.75) is 0 Å². The molecule has 2 nitrogen and oxygen atoms in total. The van der Waals surface area contributed by atoms with E-state index in [1.54, 1.807) is 0 Å². The molecule has 0 aliphatic carbocycles. The van der Waals surface area contributed by atoms with Gasteiger partial charge in [0.2, 0.25) is 0 Å². The number of hydrogen-bond donors (Lipinski definition) is 0. The van der Waals surface area contributed by atoms with Crippen molar-refractivity contribution >= 4 is 66.2 Å². The van der Waals surface area contributed by atoms with E-state index in [-0.39, 0.29) is 6.71 Å². The van der Waals surface area contributed by atoms with Crippen LogP contribution in [0, 0.1) is 0 Å². The van der Waals surface area contributed by atoms with Gasteiger partial charge in [-0.1, -0.05) is 237 Å². The minimum absolute atomic E-state index is 0.111. The van der Waals surface area contributed by atoms with Crippen molar-refractivity contribution in [3.05, 3.63) is 261 Å². The molecule has 0 aromatic heterocycles. The molecule has 0 bridgehead atoms. The Balaban J connectivity index is 0.896. The van der Waals surface area contributed by atoms with E-state index in [9.17, 15) is 0 Å². The summed E-state index contributed by atoms with van der Waals surface area (Å²) < 4.78 is 14.1. The number of ether oxygens (including phenoxy) is 2. The summed E-state index contributed by atoms with van der Waals surface area (Å²) in [6, 6.07) is 94.7. The van der Waals surface area contributed by atoms with Gasteiger partial charge in [-0.2, -0.15) is 0 Å². The molecule has 0 N–H and O–H groups in total. The summed E-state index contributed by atoms with van der Waals surface area (Å²) in [5.74, 6) is 3.34. The first kappa shape index (κ1) is 41.4. The average molecular weight is 927 g/mol. The van der Waals surface area contributed by atoms with Crippen molar-refractivity contribution < 1.29 is 9.47 Å². The van der Waals surface area contributed by atoms with E-state index in [2.05, 4.69) is 261 Å². The lowest BCUT2D eigenvalue weighted by Crippen LogP contribution is -2.57. The molecule has 338 valence electrons. The summed E-state index contributed by atoms with van der Waals surface area (Å²) in [4.78, 5) is 0. The van der Waals surface area contributed by atoms with Crippen LogP contribution in [-0.4, -0.2) is 6.71 Å². The number of para-hydroxylation sites is 1. The predicted octanol–water partition coefficient (Wildman–Crippen LogP) is 17.0. The Morgan fingerprint density at radius 3 is 1.04 bits per heavy atom. The fourth-order valence-corrected chi connectivity index (χ4v) is 12.3. The van der Waals surface area contributed by atoms with Gasteiger partial charge in [0.1, 0.15) is 23.0 Å². The molecule has 0 saturated heterocycles. The average Bonchev–Trinajstić information content (AvgIpc) is 3.46. The van der Waals surface area contributed by atoms with Gasteiger partial charge in [-0.25, -0.2) is 0 Å². The second-order valence-electron chi connectivity index (χ2n) is 19.3. The molecule has 2 aliphatic heterocycles. The van der Waals surface area contributed by atoms with Gasteiger partial charge in [0, 0.05) is 5.46 Å². The lowest BCUT2D eigenvalue weighted by atomic mass is 9.34. The van der Waals surface area contributed by atoms with Crippen LogP contribution < -0.4 is 25.9 Å². The molecule has 0 radical (unpaired) electrons. The summed E-state index contributed by atoms with van der Waals surface area (Å²) in [6.45, 7) is -0.111. The summed E-state index contributed by atoms with van der Waals surface area (Å²) in [5, 5.41) is 9.82. The zero-order valence-electron chi connectivity index (χ0n) is 39.7. The van der Waals surface area contributed by atoms with Crippen molar-refractivity contribution in [1.82, 2.24) is 0 Å². The van der Waals surface area contributed by atoms with Crippen molar-refractivity contribution in [2.75, 3.05) is 0 Å². The number of hydrogen-bond acceptors (Lipinski definition) is 2. The third-order valence-corrected chi connectivity index (χ3v) is 15.4. The zero-order chi connectivity index (χ0) is 48.0. The predicted molar refractivity (Wildman–Crippen MR) is 307 cm³/mol. The highest BCUT2D eigenvalue weighted by molar-refractivity contribution is 6.98. The molecule has 0 amide bonds. The van der Waals surface area contributed by atoms with Crippen molar-refractivity contribution in [1.29, 1.82) is 0 Å². The molecular weight excluding hydrogens is 884 g/mol. The zero-order valence-corrected chi connectivity index (χ0v) is 39.7. The van der Waals surface area contributed by atoms with Crippen molar-refractivity contribution in [2.24, 2.45) is 0 Å². The first-order valence-electron chi connectivity index (χ1n) is 25.2. The highest BCUT2D eigenvalue weighted by Gasteiger charge is 2.41. The maximum atomic E-state index is 7.15. The molecule has 2 aliphatic rings. The fraction of sp³-hybridized carbons (Fsp3) is 0.